The molecule has 0 fully saturated rings. The van der Waals surface area contributed by atoms with Crippen LogP contribution in [0.4, 0.5) is 5.13 Å². The van der Waals surface area contributed by atoms with Gasteiger partial charge in [-0.3, -0.25) is 0 Å². The molecular formula is C17H18N3S+. The Labute approximate surface area is 128 Å². The fourth-order valence-corrected chi connectivity index (χ4v) is 3.02. The summed E-state index contributed by atoms with van der Waals surface area (Å²) >= 11 is 1.46. The molecule has 0 aliphatic carbocycles. The Kier molecular flexibility index (Phi) is 3.71. The van der Waals surface area contributed by atoms with Crippen molar-refractivity contribution < 1.29 is 3.96 Å². The highest BCUT2D eigenvalue weighted by molar-refractivity contribution is 7.05. The van der Waals surface area contributed by atoms with Crippen molar-refractivity contribution >= 4 is 16.7 Å². The normalized spacial score (nSPS) is 11.0. The Morgan fingerprint density at radius 3 is 2.29 bits per heavy atom. The zero-order chi connectivity index (χ0) is 14.8. The number of nitrogens with zero attached hydrogens (tertiary/aromatic N) is 2. The van der Waals surface area contributed by atoms with Crippen molar-refractivity contribution in [2.75, 3.05) is 5.73 Å². The minimum atomic E-state index is 0.532. The molecule has 0 amide bonds. The Hall–Kier alpha value is -2.20. The average molecular weight is 296 g/mol. The third kappa shape index (κ3) is 2.81. The fraction of sp³-hybridized carbons (Fsp3) is 0.176. The molecule has 21 heavy (non-hydrogen) atoms. The van der Waals surface area contributed by atoms with Gasteiger partial charge in [-0.05, 0) is 40.7 Å². The molecule has 1 heterocycles. The van der Waals surface area contributed by atoms with E-state index in [2.05, 4.69) is 47.1 Å². The third-order valence-electron chi connectivity index (χ3n) is 3.42. The molecule has 3 nitrogen and oxygen atoms in total. The predicted molar refractivity (Wildman–Crippen MR) is 87.6 cm³/mol. The van der Waals surface area contributed by atoms with E-state index < -0.39 is 0 Å². The lowest BCUT2D eigenvalue weighted by atomic mass is 10.0. The molecule has 1 aromatic heterocycles. The number of rotatable bonds is 3. The molecule has 0 radical (unpaired) electrons. The molecule has 0 bridgehead atoms. The van der Waals surface area contributed by atoms with Crippen molar-refractivity contribution in [3.05, 3.63) is 60.2 Å². The quantitative estimate of drug-likeness (QED) is 0.747. The maximum atomic E-state index is 5.92. The molecule has 0 spiro atoms. The van der Waals surface area contributed by atoms with Crippen LogP contribution in [-0.2, 0) is 0 Å². The molecule has 2 aromatic carbocycles. The minimum Gasteiger partial charge on any atom is -0.351 e. The lowest BCUT2D eigenvalue weighted by Gasteiger charge is -2.05. The van der Waals surface area contributed by atoms with Gasteiger partial charge in [-0.15, -0.1) is 3.96 Å². The highest BCUT2D eigenvalue weighted by atomic mass is 32.1. The topological polar surface area (TPSA) is 42.8 Å². The van der Waals surface area contributed by atoms with E-state index in [9.17, 15) is 0 Å². The molecule has 2 N–H and O–H groups in total. The van der Waals surface area contributed by atoms with Crippen molar-refractivity contribution in [1.29, 1.82) is 0 Å². The van der Waals surface area contributed by atoms with Crippen molar-refractivity contribution in [3.63, 3.8) is 0 Å². The van der Waals surface area contributed by atoms with Crippen molar-refractivity contribution in [2.24, 2.45) is 0 Å². The van der Waals surface area contributed by atoms with E-state index in [4.69, 9.17) is 5.73 Å². The van der Waals surface area contributed by atoms with Crippen LogP contribution < -0.4 is 9.69 Å². The Balaban J connectivity index is 2.07. The number of anilines is 1. The van der Waals surface area contributed by atoms with Crippen LogP contribution in [-0.4, -0.2) is 4.98 Å². The largest absolute Gasteiger partial charge is 0.351 e. The summed E-state index contributed by atoms with van der Waals surface area (Å²) in [6.07, 6.45) is 0. The van der Waals surface area contributed by atoms with E-state index in [1.807, 2.05) is 30.3 Å². The number of nitrogen functional groups attached to an aromatic ring is 1. The zero-order valence-electron chi connectivity index (χ0n) is 12.2. The summed E-state index contributed by atoms with van der Waals surface area (Å²) in [5.41, 5.74) is 9.41. The van der Waals surface area contributed by atoms with E-state index in [1.54, 1.807) is 0 Å². The molecule has 0 aliphatic heterocycles. The second-order valence-corrected chi connectivity index (χ2v) is 6.24. The highest BCUT2D eigenvalue weighted by Gasteiger charge is 2.22. The molecule has 0 unspecified atom stereocenters. The molecule has 4 heteroatoms. The molecule has 0 aliphatic rings. The van der Waals surface area contributed by atoms with Gasteiger partial charge in [-0.25, -0.2) is 0 Å². The summed E-state index contributed by atoms with van der Waals surface area (Å²) in [5, 5.41) is 0.571. The summed E-state index contributed by atoms with van der Waals surface area (Å²) in [4.78, 5) is 4.47. The Morgan fingerprint density at radius 1 is 1.00 bits per heavy atom. The first-order chi connectivity index (χ1) is 10.1. The van der Waals surface area contributed by atoms with E-state index in [0.717, 1.165) is 17.1 Å². The number of hydrogen-bond acceptors (Lipinski definition) is 3. The molecular weight excluding hydrogens is 278 g/mol. The van der Waals surface area contributed by atoms with E-state index in [1.165, 1.54) is 17.1 Å². The monoisotopic (exact) mass is 296 g/mol. The van der Waals surface area contributed by atoms with E-state index in [0.29, 0.717) is 11.0 Å². The van der Waals surface area contributed by atoms with Crippen molar-refractivity contribution in [1.82, 2.24) is 4.98 Å². The summed E-state index contributed by atoms with van der Waals surface area (Å²) in [6, 6.07) is 18.7. The molecule has 0 atom stereocenters. The van der Waals surface area contributed by atoms with Gasteiger partial charge in [0.2, 0.25) is 0 Å². The van der Waals surface area contributed by atoms with Crippen LogP contribution in [0.5, 0.6) is 0 Å². The number of nitrogens with two attached hydrogens (primary N) is 1. The summed E-state index contributed by atoms with van der Waals surface area (Å²) in [6.45, 7) is 4.39. The van der Waals surface area contributed by atoms with Gasteiger partial charge >= 0.3 is 11.0 Å². The van der Waals surface area contributed by atoms with Gasteiger partial charge in [-0.2, -0.15) is 0 Å². The van der Waals surface area contributed by atoms with Gasteiger partial charge in [0.05, 0.1) is 5.56 Å². The molecule has 0 saturated heterocycles. The van der Waals surface area contributed by atoms with Gasteiger partial charge in [0, 0.05) is 0 Å². The van der Waals surface area contributed by atoms with Crippen LogP contribution >= 0.6 is 11.5 Å². The first-order valence-corrected chi connectivity index (χ1v) is 7.77. The number of benzene rings is 2. The molecule has 3 rings (SSSR count). The second-order valence-electron chi connectivity index (χ2n) is 5.27. The highest BCUT2D eigenvalue weighted by Crippen LogP contribution is 2.21. The summed E-state index contributed by atoms with van der Waals surface area (Å²) in [5.74, 6) is 1.42. The fourth-order valence-electron chi connectivity index (χ4n) is 2.25. The van der Waals surface area contributed by atoms with Gasteiger partial charge in [0.25, 0.3) is 0 Å². The van der Waals surface area contributed by atoms with Crippen molar-refractivity contribution in [2.45, 2.75) is 19.8 Å². The lowest BCUT2D eigenvalue weighted by molar-refractivity contribution is -0.509. The van der Waals surface area contributed by atoms with Crippen LogP contribution in [0.1, 0.15) is 25.3 Å². The average Bonchev–Trinajstić information content (AvgIpc) is 2.90. The van der Waals surface area contributed by atoms with E-state index in [-0.39, 0.29) is 0 Å². The van der Waals surface area contributed by atoms with E-state index >= 15 is 0 Å². The van der Waals surface area contributed by atoms with Crippen LogP contribution in [0.25, 0.3) is 17.1 Å². The Bertz CT molecular complexity index is 730. The van der Waals surface area contributed by atoms with Crippen LogP contribution in [0, 0.1) is 0 Å². The first-order valence-electron chi connectivity index (χ1n) is 7.00. The van der Waals surface area contributed by atoms with Gasteiger partial charge in [0.15, 0.2) is 0 Å². The second kappa shape index (κ2) is 5.66. The maximum Gasteiger partial charge on any atom is 0.350 e. The Morgan fingerprint density at radius 2 is 1.67 bits per heavy atom. The standard InChI is InChI=1S/C17H17N3S/c1-12(2)13-8-10-15(11-9-13)20-16(19-17(18)21-20)14-6-4-3-5-7-14/h3-12,18H,1-2H3/p+1. The predicted octanol–water partition coefficient (Wildman–Crippen LogP) is 3.79. The van der Waals surface area contributed by atoms with Gasteiger partial charge < -0.3 is 5.73 Å². The SMILES string of the molecule is CC(C)c1ccc(-[n+]2sc(N)nc2-c2ccccc2)cc1. The first kappa shape index (κ1) is 13.8. The molecule has 0 saturated carbocycles. The molecule has 3 aromatic rings. The third-order valence-corrected chi connectivity index (χ3v) is 4.26. The minimum absolute atomic E-state index is 0.532. The summed E-state index contributed by atoms with van der Waals surface area (Å²) < 4.78 is 2.08. The lowest BCUT2D eigenvalue weighted by Crippen LogP contribution is -2.28. The van der Waals surface area contributed by atoms with Crippen LogP contribution in [0.2, 0.25) is 0 Å². The molecule has 106 valence electrons. The van der Waals surface area contributed by atoms with Crippen LogP contribution in [0.3, 0.4) is 0 Å². The number of aromatic nitrogens is 2. The number of hydrogen-bond donors (Lipinski definition) is 1. The summed E-state index contributed by atoms with van der Waals surface area (Å²) in [7, 11) is 0. The smallest absolute Gasteiger partial charge is 0.350 e. The zero-order valence-corrected chi connectivity index (χ0v) is 13.0. The van der Waals surface area contributed by atoms with Crippen LogP contribution in [0.15, 0.2) is 54.6 Å². The van der Waals surface area contributed by atoms with Crippen molar-refractivity contribution in [3.8, 4) is 17.1 Å². The van der Waals surface area contributed by atoms with Gasteiger partial charge in [0.1, 0.15) is 17.2 Å². The van der Waals surface area contributed by atoms with Gasteiger partial charge in [-0.1, -0.05) is 44.2 Å². The maximum absolute atomic E-state index is 5.92.